The van der Waals surface area contributed by atoms with Crippen molar-refractivity contribution < 1.29 is 0 Å². The van der Waals surface area contributed by atoms with Gasteiger partial charge in [0.05, 0.1) is 0 Å². The van der Waals surface area contributed by atoms with Crippen molar-refractivity contribution in [1.29, 1.82) is 0 Å². The summed E-state index contributed by atoms with van der Waals surface area (Å²) in [5.74, 6) is 0.927. The highest BCUT2D eigenvalue weighted by Crippen LogP contribution is 2.10. The number of nitrogens with zero attached hydrogens (tertiary/aromatic N) is 2. The van der Waals surface area contributed by atoms with E-state index in [4.69, 9.17) is 11.6 Å². The summed E-state index contributed by atoms with van der Waals surface area (Å²) >= 11 is 5.97. The number of benzene rings is 1. The SMILES string of the molecule is C=CCCCN(C)C(=NC)NCCc1cccc(Cl)c1.I. The van der Waals surface area contributed by atoms with E-state index in [0.29, 0.717) is 0 Å². The number of rotatable bonds is 7. The molecule has 1 aromatic carbocycles. The number of guanidine groups is 1. The molecule has 1 aromatic rings. The molecule has 1 rings (SSSR count). The molecule has 0 bridgehead atoms. The highest BCUT2D eigenvalue weighted by atomic mass is 127. The van der Waals surface area contributed by atoms with E-state index < -0.39 is 0 Å². The van der Waals surface area contributed by atoms with E-state index in [0.717, 1.165) is 43.3 Å². The molecule has 0 atom stereocenters. The van der Waals surface area contributed by atoms with E-state index in [1.165, 1.54) is 5.56 Å². The van der Waals surface area contributed by atoms with Crippen LogP contribution in [0.3, 0.4) is 0 Å². The van der Waals surface area contributed by atoms with Crippen molar-refractivity contribution in [2.75, 3.05) is 27.2 Å². The fraction of sp³-hybridized carbons (Fsp3) is 0.438. The van der Waals surface area contributed by atoms with Crippen LogP contribution in [-0.4, -0.2) is 38.0 Å². The highest BCUT2D eigenvalue weighted by molar-refractivity contribution is 14.0. The van der Waals surface area contributed by atoms with Crippen molar-refractivity contribution in [3.63, 3.8) is 0 Å². The van der Waals surface area contributed by atoms with Crippen LogP contribution in [-0.2, 0) is 6.42 Å². The second-order valence-corrected chi connectivity index (χ2v) is 5.14. The monoisotopic (exact) mass is 421 g/mol. The van der Waals surface area contributed by atoms with Gasteiger partial charge in [0.1, 0.15) is 0 Å². The van der Waals surface area contributed by atoms with Crippen molar-refractivity contribution in [2.24, 2.45) is 4.99 Å². The topological polar surface area (TPSA) is 27.6 Å². The Morgan fingerprint density at radius 3 is 2.86 bits per heavy atom. The van der Waals surface area contributed by atoms with Crippen LogP contribution in [0.1, 0.15) is 18.4 Å². The molecule has 0 aliphatic rings. The van der Waals surface area contributed by atoms with E-state index in [-0.39, 0.29) is 24.0 Å². The van der Waals surface area contributed by atoms with Crippen molar-refractivity contribution in [3.8, 4) is 0 Å². The third-order valence-corrected chi connectivity index (χ3v) is 3.30. The number of allylic oxidation sites excluding steroid dienone is 1. The fourth-order valence-corrected chi connectivity index (χ4v) is 2.19. The summed E-state index contributed by atoms with van der Waals surface area (Å²) in [5.41, 5.74) is 1.23. The third kappa shape index (κ3) is 8.31. The Kier molecular flexibility index (Phi) is 11.4. The number of halogens is 2. The van der Waals surface area contributed by atoms with Gasteiger partial charge in [-0.25, -0.2) is 0 Å². The Morgan fingerprint density at radius 2 is 2.24 bits per heavy atom. The maximum atomic E-state index is 5.97. The minimum Gasteiger partial charge on any atom is -0.356 e. The second-order valence-electron chi connectivity index (χ2n) is 4.71. The summed E-state index contributed by atoms with van der Waals surface area (Å²) in [6.45, 7) is 5.56. The van der Waals surface area contributed by atoms with Crippen LogP contribution in [0.2, 0.25) is 5.02 Å². The van der Waals surface area contributed by atoms with Crippen LogP contribution in [0.25, 0.3) is 0 Å². The predicted molar refractivity (Wildman–Crippen MR) is 104 cm³/mol. The van der Waals surface area contributed by atoms with Crippen molar-refractivity contribution in [3.05, 3.63) is 47.5 Å². The average Bonchev–Trinajstić information content (AvgIpc) is 2.44. The molecule has 0 aliphatic heterocycles. The molecule has 21 heavy (non-hydrogen) atoms. The summed E-state index contributed by atoms with van der Waals surface area (Å²) in [6, 6.07) is 7.96. The molecule has 1 N–H and O–H groups in total. The summed E-state index contributed by atoms with van der Waals surface area (Å²) in [7, 11) is 3.86. The zero-order valence-electron chi connectivity index (χ0n) is 12.8. The quantitative estimate of drug-likeness (QED) is 0.237. The van der Waals surface area contributed by atoms with Crippen LogP contribution in [0.15, 0.2) is 41.9 Å². The normalized spacial score (nSPS) is 10.7. The van der Waals surface area contributed by atoms with Gasteiger partial charge in [-0.1, -0.05) is 29.8 Å². The first-order valence-corrected chi connectivity index (χ1v) is 7.32. The van der Waals surface area contributed by atoms with E-state index >= 15 is 0 Å². The largest absolute Gasteiger partial charge is 0.356 e. The van der Waals surface area contributed by atoms with Crippen LogP contribution in [0, 0.1) is 0 Å². The number of hydrogen-bond donors (Lipinski definition) is 1. The Hall–Kier alpha value is -0.750. The predicted octanol–water partition coefficient (Wildman–Crippen LogP) is 3.97. The van der Waals surface area contributed by atoms with Gasteiger partial charge in [-0.2, -0.15) is 0 Å². The van der Waals surface area contributed by atoms with E-state index in [1.54, 1.807) is 0 Å². The molecule has 0 unspecified atom stereocenters. The maximum absolute atomic E-state index is 5.97. The Morgan fingerprint density at radius 1 is 1.48 bits per heavy atom. The molecule has 0 heterocycles. The lowest BCUT2D eigenvalue weighted by Gasteiger charge is -2.21. The van der Waals surface area contributed by atoms with Crippen molar-refractivity contribution in [1.82, 2.24) is 10.2 Å². The molecule has 0 saturated carbocycles. The van der Waals surface area contributed by atoms with Crippen LogP contribution >= 0.6 is 35.6 Å². The molecule has 3 nitrogen and oxygen atoms in total. The molecule has 5 heteroatoms. The standard InChI is InChI=1S/C16H24ClN3.HI/c1-4-5-6-12-20(3)16(18-2)19-11-10-14-8-7-9-15(17)13-14;/h4,7-9,13H,1,5-6,10-12H2,2-3H3,(H,18,19);1H. The molecule has 0 amide bonds. The number of unbranched alkanes of at least 4 members (excludes halogenated alkanes) is 1. The van der Waals surface area contributed by atoms with Crippen LogP contribution in [0.5, 0.6) is 0 Å². The van der Waals surface area contributed by atoms with Crippen molar-refractivity contribution in [2.45, 2.75) is 19.3 Å². The first-order chi connectivity index (χ1) is 9.67. The summed E-state index contributed by atoms with van der Waals surface area (Å²) in [5, 5.41) is 4.16. The molecule has 118 valence electrons. The van der Waals surface area contributed by atoms with Gasteiger partial charge >= 0.3 is 0 Å². The van der Waals surface area contributed by atoms with Gasteiger partial charge in [-0.05, 0) is 37.0 Å². The van der Waals surface area contributed by atoms with Crippen LogP contribution < -0.4 is 5.32 Å². The maximum Gasteiger partial charge on any atom is 0.193 e. The highest BCUT2D eigenvalue weighted by Gasteiger charge is 2.04. The smallest absolute Gasteiger partial charge is 0.193 e. The third-order valence-electron chi connectivity index (χ3n) is 3.06. The molecular weight excluding hydrogens is 397 g/mol. The van der Waals surface area contributed by atoms with Gasteiger partial charge < -0.3 is 10.2 Å². The zero-order chi connectivity index (χ0) is 14.8. The molecule has 0 spiro atoms. The summed E-state index contributed by atoms with van der Waals surface area (Å²) in [4.78, 5) is 6.44. The van der Waals surface area contributed by atoms with Gasteiger partial charge in [0.25, 0.3) is 0 Å². The molecule has 0 radical (unpaired) electrons. The Bertz CT molecular complexity index is 449. The van der Waals surface area contributed by atoms with E-state index in [1.807, 2.05) is 31.3 Å². The molecular formula is C16H25ClIN3. The number of nitrogens with one attached hydrogen (secondary N) is 1. The van der Waals surface area contributed by atoms with E-state index in [2.05, 4.69) is 34.9 Å². The van der Waals surface area contributed by atoms with E-state index in [9.17, 15) is 0 Å². The number of hydrogen-bond acceptors (Lipinski definition) is 1. The number of aliphatic imine (C=N–C) groups is 1. The summed E-state index contributed by atoms with van der Waals surface area (Å²) < 4.78 is 0. The van der Waals surface area contributed by atoms with Crippen molar-refractivity contribution >= 4 is 41.5 Å². The van der Waals surface area contributed by atoms with Gasteiger partial charge in [0, 0.05) is 32.2 Å². The van der Waals surface area contributed by atoms with Gasteiger partial charge in [-0.15, -0.1) is 30.6 Å². The minimum absolute atomic E-state index is 0. The fourth-order valence-electron chi connectivity index (χ4n) is 1.97. The average molecular weight is 422 g/mol. The lowest BCUT2D eigenvalue weighted by atomic mass is 10.1. The lowest BCUT2D eigenvalue weighted by molar-refractivity contribution is 0.470. The first kappa shape index (κ1) is 20.2. The van der Waals surface area contributed by atoms with Gasteiger partial charge in [-0.3, -0.25) is 4.99 Å². The van der Waals surface area contributed by atoms with Crippen LogP contribution in [0.4, 0.5) is 0 Å². The lowest BCUT2D eigenvalue weighted by Crippen LogP contribution is -2.40. The Labute approximate surface area is 150 Å². The minimum atomic E-state index is 0. The molecule has 0 aliphatic carbocycles. The molecule has 0 fully saturated rings. The zero-order valence-corrected chi connectivity index (χ0v) is 15.9. The summed E-state index contributed by atoms with van der Waals surface area (Å²) in [6.07, 6.45) is 5.00. The first-order valence-electron chi connectivity index (χ1n) is 6.94. The second kappa shape index (κ2) is 11.9. The van der Waals surface area contributed by atoms with Gasteiger partial charge in [0.2, 0.25) is 0 Å². The molecule has 0 saturated heterocycles. The molecule has 0 aromatic heterocycles. The Balaban J connectivity index is 0.00000400. The van der Waals surface area contributed by atoms with Gasteiger partial charge in [0.15, 0.2) is 5.96 Å².